The molecule has 1 heterocycles. The summed E-state index contributed by atoms with van der Waals surface area (Å²) in [6.07, 6.45) is 3.40. The summed E-state index contributed by atoms with van der Waals surface area (Å²) in [4.78, 5) is 14.1. The van der Waals surface area contributed by atoms with E-state index in [1.54, 1.807) is 0 Å². The van der Waals surface area contributed by atoms with Gasteiger partial charge < -0.3 is 10.1 Å². The maximum atomic E-state index is 11.0. The Hall–Kier alpha value is -1.25. The van der Waals surface area contributed by atoms with E-state index < -0.39 is 11.4 Å². The van der Waals surface area contributed by atoms with Crippen molar-refractivity contribution in [2.45, 2.75) is 32.1 Å². The van der Waals surface area contributed by atoms with Crippen molar-refractivity contribution in [1.29, 1.82) is 0 Å². The molecule has 1 aliphatic rings. The molecule has 0 radical (unpaired) electrons. The molecule has 0 amide bonds. The van der Waals surface area contributed by atoms with Crippen LogP contribution in [0.3, 0.4) is 0 Å². The van der Waals surface area contributed by atoms with Crippen molar-refractivity contribution in [3.8, 4) is 0 Å². The average Bonchev–Trinajstić information content (AvgIpc) is 2.80. The van der Waals surface area contributed by atoms with Gasteiger partial charge in [0.05, 0.1) is 5.41 Å². The molecular formula is C10H13NO2. The zero-order valence-electron chi connectivity index (χ0n) is 7.85. The first-order chi connectivity index (χ1) is 6.08. The Labute approximate surface area is 76.8 Å². The molecule has 0 bridgehead atoms. The van der Waals surface area contributed by atoms with E-state index in [1.165, 1.54) is 0 Å². The number of carbonyl (C=O) groups is 1. The topological polar surface area (TPSA) is 53.1 Å². The van der Waals surface area contributed by atoms with Crippen LogP contribution in [-0.4, -0.2) is 16.1 Å². The number of aromatic nitrogens is 1. The van der Waals surface area contributed by atoms with E-state index in [0.29, 0.717) is 0 Å². The Balaban J connectivity index is 2.46. The highest BCUT2D eigenvalue weighted by Crippen LogP contribution is 2.49. The van der Waals surface area contributed by atoms with Crippen LogP contribution in [0.5, 0.6) is 0 Å². The fourth-order valence-electron chi connectivity index (χ4n) is 1.82. The molecule has 70 valence electrons. The van der Waals surface area contributed by atoms with Crippen molar-refractivity contribution in [1.82, 2.24) is 4.98 Å². The third-order valence-corrected chi connectivity index (χ3v) is 3.07. The lowest BCUT2D eigenvalue weighted by Crippen LogP contribution is -2.19. The number of carboxylic acids is 1. The summed E-state index contributed by atoms with van der Waals surface area (Å²) in [6.45, 7) is 3.95. The second-order valence-electron chi connectivity index (χ2n) is 3.84. The summed E-state index contributed by atoms with van der Waals surface area (Å²) in [5, 5.41) is 9.08. The van der Waals surface area contributed by atoms with Gasteiger partial charge in [0.25, 0.3) is 0 Å². The molecule has 0 aliphatic heterocycles. The molecule has 3 heteroatoms. The third kappa shape index (κ3) is 0.996. The molecule has 1 fully saturated rings. The monoisotopic (exact) mass is 179 g/mol. The largest absolute Gasteiger partial charge is 0.481 e. The predicted octanol–water partition coefficient (Wildman–Crippen LogP) is 1.75. The van der Waals surface area contributed by atoms with Crippen LogP contribution in [0, 0.1) is 13.8 Å². The highest BCUT2D eigenvalue weighted by Gasteiger charge is 2.52. The average molecular weight is 179 g/mol. The van der Waals surface area contributed by atoms with E-state index in [9.17, 15) is 4.79 Å². The summed E-state index contributed by atoms with van der Waals surface area (Å²) >= 11 is 0. The first kappa shape index (κ1) is 8.35. The van der Waals surface area contributed by atoms with Crippen molar-refractivity contribution in [3.05, 3.63) is 23.0 Å². The Morgan fingerprint density at radius 3 is 2.46 bits per heavy atom. The smallest absolute Gasteiger partial charge is 0.314 e. The Morgan fingerprint density at radius 1 is 1.54 bits per heavy atom. The van der Waals surface area contributed by atoms with Gasteiger partial charge in [0.2, 0.25) is 0 Å². The van der Waals surface area contributed by atoms with Crippen molar-refractivity contribution in [2.75, 3.05) is 0 Å². The zero-order chi connectivity index (χ0) is 9.64. The van der Waals surface area contributed by atoms with E-state index in [0.717, 1.165) is 29.7 Å². The van der Waals surface area contributed by atoms with Crippen LogP contribution in [0.1, 0.15) is 29.7 Å². The SMILES string of the molecule is Cc1[nH]cc(C2(C(=O)O)CC2)c1C. The number of aromatic amines is 1. The van der Waals surface area contributed by atoms with Gasteiger partial charge in [-0.05, 0) is 37.8 Å². The molecule has 0 saturated heterocycles. The summed E-state index contributed by atoms with van der Waals surface area (Å²) < 4.78 is 0. The molecular weight excluding hydrogens is 166 g/mol. The van der Waals surface area contributed by atoms with Crippen molar-refractivity contribution in [3.63, 3.8) is 0 Å². The lowest BCUT2D eigenvalue weighted by atomic mass is 9.95. The molecule has 0 unspecified atom stereocenters. The van der Waals surface area contributed by atoms with Gasteiger partial charge in [-0.15, -0.1) is 0 Å². The van der Waals surface area contributed by atoms with Crippen molar-refractivity contribution < 1.29 is 9.90 Å². The van der Waals surface area contributed by atoms with E-state index in [4.69, 9.17) is 5.11 Å². The number of H-pyrrole nitrogens is 1. The van der Waals surface area contributed by atoms with Gasteiger partial charge in [0.15, 0.2) is 0 Å². The number of aliphatic carboxylic acids is 1. The van der Waals surface area contributed by atoms with Gasteiger partial charge in [-0.1, -0.05) is 0 Å². The van der Waals surface area contributed by atoms with Crippen LogP contribution in [0.25, 0.3) is 0 Å². The molecule has 1 saturated carbocycles. The Kier molecular flexibility index (Phi) is 1.53. The van der Waals surface area contributed by atoms with E-state index in [1.807, 2.05) is 20.0 Å². The van der Waals surface area contributed by atoms with Gasteiger partial charge in [-0.3, -0.25) is 4.79 Å². The Morgan fingerprint density at radius 2 is 2.15 bits per heavy atom. The standard InChI is InChI=1S/C10H13NO2/c1-6-7(2)11-5-8(6)10(3-4-10)9(12)13/h5,11H,3-4H2,1-2H3,(H,12,13). The first-order valence-electron chi connectivity index (χ1n) is 4.46. The van der Waals surface area contributed by atoms with Gasteiger partial charge in [0.1, 0.15) is 0 Å². The molecule has 2 N–H and O–H groups in total. The van der Waals surface area contributed by atoms with Gasteiger partial charge in [-0.25, -0.2) is 0 Å². The second-order valence-corrected chi connectivity index (χ2v) is 3.84. The minimum atomic E-state index is -0.686. The summed E-state index contributed by atoms with van der Waals surface area (Å²) in [7, 11) is 0. The van der Waals surface area contributed by atoms with Gasteiger partial charge >= 0.3 is 5.97 Å². The molecule has 3 nitrogen and oxygen atoms in total. The van der Waals surface area contributed by atoms with E-state index >= 15 is 0 Å². The molecule has 1 aromatic heterocycles. The lowest BCUT2D eigenvalue weighted by molar-refractivity contribution is -0.140. The minimum absolute atomic E-state index is 0.561. The number of nitrogens with one attached hydrogen (secondary N) is 1. The van der Waals surface area contributed by atoms with E-state index in [2.05, 4.69) is 4.98 Å². The zero-order valence-corrected chi connectivity index (χ0v) is 7.85. The fraction of sp³-hybridized carbons (Fsp3) is 0.500. The number of carboxylic acid groups (broad SMARTS) is 1. The van der Waals surface area contributed by atoms with Crippen LogP contribution in [-0.2, 0) is 10.2 Å². The number of aryl methyl sites for hydroxylation is 1. The number of rotatable bonds is 2. The molecule has 0 atom stereocenters. The summed E-state index contributed by atoms with van der Waals surface area (Å²) in [5.74, 6) is -0.686. The summed E-state index contributed by atoms with van der Waals surface area (Å²) in [6, 6.07) is 0. The highest BCUT2D eigenvalue weighted by molar-refractivity contribution is 5.85. The van der Waals surface area contributed by atoms with Crippen molar-refractivity contribution >= 4 is 5.97 Å². The molecule has 0 aromatic carbocycles. The molecule has 0 spiro atoms. The van der Waals surface area contributed by atoms with Gasteiger partial charge in [0, 0.05) is 11.9 Å². The van der Waals surface area contributed by atoms with Crippen LogP contribution in [0.2, 0.25) is 0 Å². The highest BCUT2D eigenvalue weighted by atomic mass is 16.4. The van der Waals surface area contributed by atoms with Gasteiger partial charge in [-0.2, -0.15) is 0 Å². The number of hydrogen-bond donors (Lipinski definition) is 2. The molecule has 1 aromatic rings. The molecule has 13 heavy (non-hydrogen) atoms. The minimum Gasteiger partial charge on any atom is -0.481 e. The van der Waals surface area contributed by atoms with E-state index in [-0.39, 0.29) is 0 Å². The molecule has 1 aliphatic carbocycles. The quantitative estimate of drug-likeness (QED) is 0.726. The maximum absolute atomic E-state index is 11.0. The molecule has 2 rings (SSSR count). The normalized spacial score (nSPS) is 18.6. The van der Waals surface area contributed by atoms with Crippen LogP contribution < -0.4 is 0 Å². The first-order valence-corrected chi connectivity index (χ1v) is 4.46. The second kappa shape index (κ2) is 2.37. The lowest BCUT2D eigenvalue weighted by Gasteiger charge is -2.08. The van der Waals surface area contributed by atoms with Crippen LogP contribution in [0.4, 0.5) is 0 Å². The van der Waals surface area contributed by atoms with Crippen LogP contribution in [0.15, 0.2) is 6.20 Å². The van der Waals surface area contributed by atoms with Crippen LogP contribution >= 0.6 is 0 Å². The van der Waals surface area contributed by atoms with Crippen molar-refractivity contribution in [2.24, 2.45) is 0 Å². The predicted molar refractivity (Wildman–Crippen MR) is 48.8 cm³/mol. The third-order valence-electron chi connectivity index (χ3n) is 3.07. The Bertz CT molecular complexity index is 361. The summed E-state index contributed by atoms with van der Waals surface area (Å²) in [5.41, 5.74) is 2.58. The fourth-order valence-corrected chi connectivity index (χ4v) is 1.82. The maximum Gasteiger partial charge on any atom is 0.314 e. The number of hydrogen-bond acceptors (Lipinski definition) is 1.